The second-order valence-corrected chi connectivity index (χ2v) is 14.3. The lowest BCUT2D eigenvalue weighted by atomic mass is 10.0. The highest BCUT2D eigenvalue weighted by Crippen LogP contribution is 2.36. The number of Topliss-reactive ketones (excluding diaryl/α,β-unsaturated/α-hetero) is 1. The van der Waals surface area contributed by atoms with Crippen LogP contribution in [0.2, 0.25) is 19.6 Å². The van der Waals surface area contributed by atoms with Crippen molar-refractivity contribution in [1.82, 2.24) is 20.0 Å². The molecule has 3 aromatic rings. The van der Waals surface area contributed by atoms with Crippen LogP contribution in [-0.2, 0) is 23.3 Å². The Hall–Kier alpha value is -3.50. The van der Waals surface area contributed by atoms with Gasteiger partial charge in [-0.2, -0.15) is 26.3 Å². The first-order valence-electron chi connectivity index (χ1n) is 11.3. The number of rotatable bonds is 6. The molecule has 202 valence electrons. The third kappa shape index (κ3) is 7.52. The number of alkyl halides is 6. The lowest BCUT2D eigenvalue weighted by molar-refractivity contribution is -0.143. The molecule has 0 aliphatic heterocycles. The van der Waals surface area contributed by atoms with Gasteiger partial charge in [-0.3, -0.25) is 9.78 Å². The third-order valence-electron chi connectivity index (χ3n) is 4.90. The van der Waals surface area contributed by atoms with Crippen LogP contribution in [0.1, 0.15) is 41.0 Å². The molecule has 0 amide bonds. The smallest absolute Gasteiger partial charge is 0.402 e. The summed E-state index contributed by atoms with van der Waals surface area (Å²) < 4.78 is 87.0. The van der Waals surface area contributed by atoms with Crippen molar-refractivity contribution in [2.45, 2.75) is 58.0 Å². The van der Waals surface area contributed by atoms with Crippen molar-refractivity contribution in [2.24, 2.45) is 0 Å². The monoisotopic (exact) mass is 554 g/mol. The van der Waals surface area contributed by atoms with E-state index < -0.39 is 49.7 Å². The van der Waals surface area contributed by atoms with Crippen molar-refractivity contribution in [3.8, 4) is 23.1 Å². The zero-order valence-electron chi connectivity index (χ0n) is 21.1. The van der Waals surface area contributed by atoms with Crippen LogP contribution in [-0.4, -0.2) is 39.7 Å². The van der Waals surface area contributed by atoms with Gasteiger partial charge < -0.3 is 4.43 Å². The Bertz CT molecular complexity index is 1350. The van der Waals surface area contributed by atoms with Crippen LogP contribution in [0, 0.1) is 11.8 Å². The van der Waals surface area contributed by atoms with Crippen LogP contribution in [0.5, 0.6) is 0 Å². The van der Waals surface area contributed by atoms with Gasteiger partial charge in [0.1, 0.15) is 11.3 Å². The highest BCUT2D eigenvalue weighted by Gasteiger charge is 2.37. The number of pyridine rings is 1. The van der Waals surface area contributed by atoms with E-state index in [1.54, 1.807) is 26.0 Å². The lowest BCUT2D eigenvalue weighted by Crippen LogP contribution is -2.37. The zero-order valence-corrected chi connectivity index (χ0v) is 22.1. The molecule has 38 heavy (non-hydrogen) atoms. The SMILES string of the molecule is CC(C)(C#CC(=O)c1nnn(Cc2cc(C(F)(F)F)cc(C(F)(F)F)c2)c1-c1cccnc1)O[Si](C)(C)C. The van der Waals surface area contributed by atoms with Crippen LogP contribution in [0.3, 0.4) is 0 Å². The summed E-state index contributed by atoms with van der Waals surface area (Å²) in [6, 6.07) is 4.34. The molecule has 0 aliphatic rings. The second-order valence-electron chi connectivity index (χ2n) is 9.90. The van der Waals surface area contributed by atoms with Gasteiger partial charge in [0.2, 0.25) is 0 Å². The number of carbonyl (C=O) groups is 1. The fourth-order valence-corrected chi connectivity index (χ4v) is 5.29. The first-order valence-corrected chi connectivity index (χ1v) is 14.7. The fraction of sp³-hybridized carbons (Fsp3) is 0.360. The molecule has 1 aromatic carbocycles. The topological polar surface area (TPSA) is 69.9 Å². The Morgan fingerprint density at radius 2 is 1.63 bits per heavy atom. The summed E-state index contributed by atoms with van der Waals surface area (Å²) in [4.78, 5) is 17.0. The number of ketones is 1. The van der Waals surface area contributed by atoms with Crippen LogP contribution >= 0.6 is 0 Å². The summed E-state index contributed by atoms with van der Waals surface area (Å²) in [5.41, 5.74) is -4.06. The van der Waals surface area contributed by atoms with Crippen LogP contribution < -0.4 is 0 Å². The van der Waals surface area contributed by atoms with E-state index in [-0.39, 0.29) is 23.0 Å². The highest BCUT2D eigenvalue weighted by atomic mass is 28.4. The summed E-state index contributed by atoms with van der Waals surface area (Å²) in [5, 5.41) is 7.72. The molecule has 0 N–H and O–H groups in total. The molecule has 0 spiro atoms. The quantitative estimate of drug-likeness (QED) is 0.119. The maximum atomic E-state index is 13.3. The molecule has 2 aromatic heterocycles. The van der Waals surface area contributed by atoms with Crippen LogP contribution in [0.25, 0.3) is 11.3 Å². The van der Waals surface area contributed by atoms with Gasteiger partial charge in [-0.25, -0.2) is 4.68 Å². The molecule has 0 saturated heterocycles. The molecule has 0 bridgehead atoms. The molecule has 0 fully saturated rings. The van der Waals surface area contributed by atoms with Crippen molar-refractivity contribution >= 4 is 14.1 Å². The molecular weight excluding hydrogens is 530 g/mol. The lowest BCUT2D eigenvalue weighted by Gasteiger charge is -2.28. The minimum Gasteiger partial charge on any atom is -0.402 e. The highest BCUT2D eigenvalue weighted by molar-refractivity contribution is 6.69. The molecule has 2 heterocycles. The largest absolute Gasteiger partial charge is 0.416 e. The minimum absolute atomic E-state index is 0.0433. The average Bonchev–Trinajstić information content (AvgIpc) is 3.18. The van der Waals surface area contributed by atoms with Gasteiger partial charge >= 0.3 is 12.4 Å². The van der Waals surface area contributed by atoms with E-state index in [4.69, 9.17) is 4.43 Å². The van der Waals surface area contributed by atoms with Gasteiger partial charge in [0.05, 0.1) is 17.7 Å². The molecule has 13 heteroatoms. The Labute approximate surface area is 216 Å². The summed E-state index contributed by atoms with van der Waals surface area (Å²) in [5.74, 6) is 4.50. The van der Waals surface area contributed by atoms with Crippen LogP contribution in [0.4, 0.5) is 26.3 Å². The van der Waals surface area contributed by atoms with E-state index in [0.717, 1.165) is 4.68 Å². The van der Waals surface area contributed by atoms with Crippen molar-refractivity contribution in [3.05, 3.63) is 65.1 Å². The molecule has 0 saturated carbocycles. The molecule has 0 atom stereocenters. The molecule has 3 rings (SSSR count). The van der Waals surface area contributed by atoms with Gasteiger partial charge in [-0.05, 0) is 75.3 Å². The number of benzene rings is 1. The summed E-state index contributed by atoms with van der Waals surface area (Å²) >= 11 is 0. The van der Waals surface area contributed by atoms with Crippen molar-refractivity contribution in [3.63, 3.8) is 0 Å². The van der Waals surface area contributed by atoms with E-state index in [1.165, 1.54) is 12.4 Å². The number of halogens is 6. The standard InChI is InChI=1S/C25H24F6N4O2Si/c1-23(2,37-38(3,4)5)9-8-20(36)21-22(17-7-6-10-32-14-17)35(34-33-21)15-16-11-18(24(26,27)28)13-19(12-16)25(29,30)31/h6-7,10-14H,15H2,1-5H3. The van der Waals surface area contributed by atoms with E-state index in [1.807, 2.05) is 19.6 Å². The predicted molar refractivity (Wildman–Crippen MR) is 129 cm³/mol. The minimum atomic E-state index is -5.01. The van der Waals surface area contributed by atoms with Gasteiger partial charge in [0, 0.05) is 18.0 Å². The number of aromatic nitrogens is 4. The molecule has 0 aliphatic carbocycles. The molecule has 0 unspecified atom stereocenters. The van der Waals surface area contributed by atoms with Crippen molar-refractivity contribution < 1.29 is 35.6 Å². The van der Waals surface area contributed by atoms with Gasteiger partial charge in [-0.15, -0.1) is 5.10 Å². The third-order valence-corrected chi connectivity index (χ3v) is 6.03. The van der Waals surface area contributed by atoms with Crippen molar-refractivity contribution in [1.29, 1.82) is 0 Å². The number of hydrogen-bond donors (Lipinski definition) is 0. The number of hydrogen-bond acceptors (Lipinski definition) is 5. The van der Waals surface area contributed by atoms with Gasteiger partial charge in [0.15, 0.2) is 14.0 Å². The summed E-state index contributed by atoms with van der Waals surface area (Å²) in [7, 11) is -2.00. The second kappa shape index (κ2) is 10.3. The normalized spacial score (nSPS) is 12.7. The van der Waals surface area contributed by atoms with E-state index >= 15 is 0 Å². The number of carbonyl (C=O) groups excluding carboxylic acids is 1. The summed E-state index contributed by atoms with van der Waals surface area (Å²) in [6.45, 7) is 8.76. The van der Waals surface area contributed by atoms with Gasteiger partial charge in [0.25, 0.3) is 5.78 Å². The Balaban J connectivity index is 2.09. The first kappa shape index (κ1) is 29.1. The Kier molecular flexibility index (Phi) is 7.91. The Morgan fingerprint density at radius 1 is 1.03 bits per heavy atom. The molecular formula is C25H24F6N4O2Si. The zero-order chi connectivity index (χ0) is 28.5. The predicted octanol–water partition coefficient (Wildman–Crippen LogP) is 6.24. The van der Waals surface area contributed by atoms with E-state index in [2.05, 4.69) is 27.1 Å². The van der Waals surface area contributed by atoms with E-state index in [9.17, 15) is 31.1 Å². The van der Waals surface area contributed by atoms with E-state index in [0.29, 0.717) is 17.7 Å². The fourth-order valence-electron chi connectivity index (χ4n) is 3.71. The molecule has 0 radical (unpaired) electrons. The molecule has 6 nitrogen and oxygen atoms in total. The maximum Gasteiger partial charge on any atom is 0.416 e. The summed E-state index contributed by atoms with van der Waals surface area (Å²) in [6.07, 6.45) is -7.19. The van der Waals surface area contributed by atoms with Crippen LogP contribution in [0.15, 0.2) is 42.7 Å². The number of nitrogens with zero attached hydrogens (tertiary/aromatic N) is 4. The van der Waals surface area contributed by atoms with Crippen molar-refractivity contribution in [2.75, 3.05) is 0 Å². The average molecular weight is 555 g/mol. The Morgan fingerprint density at radius 3 is 2.13 bits per heavy atom. The maximum absolute atomic E-state index is 13.3. The first-order chi connectivity index (χ1) is 17.4. The van der Waals surface area contributed by atoms with Gasteiger partial charge in [-0.1, -0.05) is 11.1 Å².